The zero-order valence-electron chi connectivity index (χ0n) is 9.97. The molecule has 2 aromatic rings. The van der Waals surface area contributed by atoms with Gasteiger partial charge in [0.25, 0.3) is 0 Å². The molecule has 1 saturated heterocycles. The van der Waals surface area contributed by atoms with Gasteiger partial charge in [-0.3, -0.25) is 0 Å². The largest absolute Gasteiger partial charge is 0.353 e. The average Bonchev–Trinajstić information content (AvgIpc) is 2.79. The first-order chi connectivity index (χ1) is 8.81. The van der Waals surface area contributed by atoms with Crippen LogP contribution in [-0.4, -0.2) is 32.6 Å². The molecule has 1 fully saturated rings. The molecule has 96 valence electrons. The first-order valence-corrected chi connectivity index (χ1v) is 8.09. The summed E-state index contributed by atoms with van der Waals surface area (Å²) in [6.07, 6.45) is 4.53. The van der Waals surface area contributed by atoms with Gasteiger partial charge in [-0.15, -0.1) is 5.10 Å². The fraction of sp³-hybridized carbons (Fsp3) is 0.500. The average molecular weight is 327 g/mol. The van der Waals surface area contributed by atoms with Crippen molar-refractivity contribution in [3.8, 4) is 0 Å². The molecule has 4 nitrogen and oxygen atoms in total. The molecule has 3 rings (SSSR count). The number of anilines is 1. The molecule has 0 aliphatic carbocycles. The van der Waals surface area contributed by atoms with Crippen LogP contribution in [0.3, 0.4) is 0 Å². The smallest absolute Gasteiger partial charge is 0.243 e. The highest BCUT2D eigenvalue weighted by Crippen LogP contribution is 2.22. The molecule has 2 aromatic heterocycles. The minimum Gasteiger partial charge on any atom is -0.353 e. The third-order valence-corrected chi connectivity index (χ3v) is 4.70. The van der Waals surface area contributed by atoms with Crippen molar-refractivity contribution in [2.75, 3.05) is 23.4 Å². The number of hydrogen-bond donors (Lipinski definition) is 1. The Morgan fingerprint density at radius 2 is 2.22 bits per heavy atom. The van der Waals surface area contributed by atoms with Gasteiger partial charge in [-0.05, 0) is 58.3 Å². The Bertz CT molecular complexity index is 536. The second-order valence-electron chi connectivity index (χ2n) is 4.52. The number of hydrogen-bond acceptors (Lipinski definition) is 4. The Balaban J connectivity index is 1.67. The van der Waals surface area contributed by atoms with Gasteiger partial charge in [0.15, 0.2) is 5.65 Å². The molecule has 0 aromatic carbocycles. The molecule has 1 aliphatic heterocycles. The third-order valence-electron chi connectivity index (χ3n) is 3.18. The lowest BCUT2D eigenvalue weighted by molar-refractivity contribution is 0.515. The highest BCUT2D eigenvalue weighted by Gasteiger charge is 2.14. The zero-order valence-corrected chi connectivity index (χ0v) is 12.4. The molecule has 0 radical (unpaired) electrons. The van der Waals surface area contributed by atoms with Crippen LogP contribution in [0, 0.1) is 5.92 Å². The quantitative estimate of drug-likeness (QED) is 0.941. The lowest BCUT2D eigenvalue weighted by Crippen LogP contribution is -2.19. The van der Waals surface area contributed by atoms with E-state index in [0.717, 1.165) is 28.5 Å². The molecule has 18 heavy (non-hydrogen) atoms. The Kier molecular flexibility index (Phi) is 3.75. The molecule has 0 unspecified atom stereocenters. The minimum atomic E-state index is 0.728. The SMILES string of the molecule is Brc1ccc2nc(NCC3CCSCC3)nn2c1. The highest BCUT2D eigenvalue weighted by molar-refractivity contribution is 9.10. The van der Waals surface area contributed by atoms with Gasteiger partial charge in [-0.25, -0.2) is 4.52 Å². The van der Waals surface area contributed by atoms with Crippen molar-refractivity contribution in [1.29, 1.82) is 0 Å². The van der Waals surface area contributed by atoms with Gasteiger partial charge in [0.05, 0.1) is 0 Å². The van der Waals surface area contributed by atoms with Gasteiger partial charge in [-0.1, -0.05) is 0 Å². The number of nitrogens with one attached hydrogen (secondary N) is 1. The standard InChI is InChI=1S/C12H15BrN4S/c13-10-1-2-11-15-12(16-17(11)8-10)14-7-9-3-5-18-6-4-9/h1-2,8-9H,3-7H2,(H,14,16). The van der Waals surface area contributed by atoms with Gasteiger partial charge in [0.2, 0.25) is 5.95 Å². The predicted molar refractivity (Wildman–Crippen MR) is 79.2 cm³/mol. The second-order valence-corrected chi connectivity index (χ2v) is 6.66. The molecule has 0 atom stereocenters. The first-order valence-electron chi connectivity index (χ1n) is 6.15. The molecule has 3 heterocycles. The number of halogens is 1. The monoisotopic (exact) mass is 326 g/mol. The Morgan fingerprint density at radius 1 is 1.39 bits per heavy atom. The number of rotatable bonds is 3. The zero-order chi connectivity index (χ0) is 12.4. The Morgan fingerprint density at radius 3 is 3.06 bits per heavy atom. The molecule has 6 heteroatoms. The van der Waals surface area contributed by atoms with Crippen LogP contribution < -0.4 is 5.32 Å². The van der Waals surface area contributed by atoms with Gasteiger partial charge in [0, 0.05) is 17.2 Å². The maximum atomic E-state index is 4.45. The van der Waals surface area contributed by atoms with Crippen molar-refractivity contribution in [2.24, 2.45) is 5.92 Å². The van der Waals surface area contributed by atoms with Crippen LogP contribution >= 0.6 is 27.7 Å². The van der Waals surface area contributed by atoms with Crippen LogP contribution in [0.15, 0.2) is 22.8 Å². The van der Waals surface area contributed by atoms with Crippen LogP contribution in [0.4, 0.5) is 5.95 Å². The van der Waals surface area contributed by atoms with Crippen molar-refractivity contribution in [3.63, 3.8) is 0 Å². The van der Waals surface area contributed by atoms with Crippen LogP contribution in [-0.2, 0) is 0 Å². The number of thioether (sulfide) groups is 1. The van der Waals surface area contributed by atoms with E-state index in [-0.39, 0.29) is 0 Å². The number of fused-ring (bicyclic) bond motifs is 1. The Labute approximate surface area is 119 Å². The van der Waals surface area contributed by atoms with Crippen LogP contribution in [0.25, 0.3) is 5.65 Å². The molecular formula is C12H15BrN4S. The number of pyridine rings is 1. The van der Waals surface area contributed by atoms with Crippen LogP contribution in [0.2, 0.25) is 0 Å². The lowest BCUT2D eigenvalue weighted by atomic mass is 10.0. The summed E-state index contributed by atoms with van der Waals surface area (Å²) in [7, 11) is 0. The van der Waals surface area contributed by atoms with Gasteiger partial charge < -0.3 is 5.32 Å². The van der Waals surface area contributed by atoms with E-state index in [1.54, 1.807) is 4.52 Å². The van der Waals surface area contributed by atoms with Crippen molar-refractivity contribution < 1.29 is 0 Å². The summed E-state index contributed by atoms with van der Waals surface area (Å²) in [6, 6.07) is 3.94. The topological polar surface area (TPSA) is 42.2 Å². The van der Waals surface area contributed by atoms with E-state index in [0.29, 0.717) is 0 Å². The summed E-state index contributed by atoms with van der Waals surface area (Å²) in [6.45, 7) is 0.985. The summed E-state index contributed by atoms with van der Waals surface area (Å²) in [4.78, 5) is 4.45. The summed E-state index contributed by atoms with van der Waals surface area (Å²) in [5.41, 5.74) is 0.875. The number of nitrogens with zero attached hydrogens (tertiary/aromatic N) is 3. The van der Waals surface area contributed by atoms with Crippen molar-refractivity contribution in [2.45, 2.75) is 12.8 Å². The second kappa shape index (κ2) is 5.48. The fourth-order valence-corrected chi connectivity index (χ4v) is 3.65. The summed E-state index contributed by atoms with van der Waals surface area (Å²) in [5, 5.41) is 7.77. The minimum absolute atomic E-state index is 0.728. The molecule has 1 aliphatic rings. The molecular weight excluding hydrogens is 312 g/mol. The third kappa shape index (κ3) is 2.80. The van der Waals surface area contributed by atoms with E-state index in [1.807, 2.05) is 18.3 Å². The fourth-order valence-electron chi connectivity index (χ4n) is 2.12. The molecule has 0 saturated carbocycles. The van der Waals surface area contributed by atoms with Gasteiger partial charge in [-0.2, -0.15) is 16.7 Å². The van der Waals surface area contributed by atoms with Crippen molar-refractivity contribution >= 4 is 39.3 Å². The summed E-state index contributed by atoms with van der Waals surface area (Å²) in [5.74, 6) is 4.08. The van der Waals surface area contributed by atoms with Crippen LogP contribution in [0.5, 0.6) is 0 Å². The number of aromatic nitrogens is 3. The maximum absolute atomic E-state index is 4.45. The Hall–Kier alpha value is -0.750. The highest BCUT2D eigenvalue weighted by atomic mass is 79.9. The normalized spacial score (nSPS) is 17.2. The van der Waals surface area contributed by atoms with E-state index in [4.69, 9.17) is 0 Å². The summed E-state index contributed by atoms with van der Waals surface area (Å²) < 4.78 is 2.80. The van der Waals surface area contributed by atoms with E-state index in [2.05, 4.69) is 43.1 Å². The van der Waals surface area contributed by atoms with Gasteiger partial charge >= 0.3 is 0 Å². The molecule has 0 spiro atoms. The van der Waals surface area contributed by atoms with E-state index in [9.17, 15) is 0 Å². The maximum Gasteiger partial charge on any atom is 0.243 e. The van der Waals surface area contributed by atoms with E-state index >= 15 is 0 Å². The predicted octanol–water partition coefficient (Wildman–Crippen LogP) is 3.05. The van der Waals surface area contributed by atoms with Crippen molar-refractivity contribution in [1.82, 2.24) is 14.6 Å². The molecule has 0 amide bonds. The van der Waals surface area contributed by atoms with Crippen LogP contribution in [0.1, 0.15) is 12.8 Å². The van der Waals surface area contributed by atoms with Gasteiger partial charge in [0.1, 0.15) is 0 Å². The van der Waals surface area contributed by atoms with E-state index in [1.165, 1.54) is 24.3 Å². The molecule has 1 N–H and O–H groups in total. The van der Waals surface area contributed by atoms with Crippen molar-refractivity contribution in [3.05, 3.63) is 22.8 Å². The first kappa shape index (κ1) is 12.3. The molecule has 0 bridgehead atoms. The van der Waals surface area contributed by atoms with E-state index < -0.39 is 0 Å². The summed E-state index contributed by atoms with van der Waals surface area (Å²) >= 11 is 5.49. The lowest BCUT2D eigenvalue weighted by Gasteiger charge is -2.20.